The Morgan fingerprint density at radius 1 is 0.647 bits per heavy atom. The zero-order valence-corrected chi connectivity index (χ0v) is 41.7. The second-order valence-electron chi connectivity index (χ2n) is 19.1. The average molecular weight is 946 g/mol. The fourth-order valence-corrected chi connectivity index (χ4v) is 12.4. The van der Waals surface area contributed by atoms with Crippen molar-refractivity contribution in [1.82, 2.24) is 15.5 Å². The molecule has 68 heavy (non-hydrogen) atoms. The summed E-state index contributed by atoms with van der Waals surface area (Å²) < 4.78 is 31.3. The van der Waals surface area contributed by atoms with E-state index in [-0.39, 0.29) is 44.5 Å². The zero-order valence-electron chi connectivity index (χ0n) is 40.7. The SMILES string of the molecule is CC(C)[C@H](NC(=O)OC(C)(C)C)C(=O)N[C@H](COc1cc(C[C@@H](C(=O)O)N(C)C(=O)OCc2ccccc2)ccc1OCc1ccccc1)CO[Si](c1ccccc1)(c1ccccc1)C(C)(C)C. The van der Waals surface area contributed by atoms with Crippen molar-refractivity contribution in [2.45, 2.75) is 104 Å². The van der Waals surface area contributed by atoms with Gasteiger partial charge in [-0.05, 0) is 70.9 Å². The molecule has 0 aliphatic heterocycles. The Bertz CT molecular complexity index is 2350. The number of rotatable bonds is 21. The highest BCUT2D eigenvalue weighted by atomic mass is 28.4. The van der Waals surface area contributed by atoms with Crippen molar-refractivity contribution >= 4 is 42.8 Å². The minimum atomic E-state index is -3.14. The Morgan fingerprint density at radius 2 is 1.18 bits per heavy atom. The van der Waals surface area contributed by atoms with Gasteiger partial charge >= 0.3 is 18.2 Å². The molecule has 5 rings (SSSR count). The molecule has 0 fully saturated rings. The quantitative estimate of drug-likeness (QED) is 0.0609. The van der Waals surface area contributed by atoms with Crippen LogP contribution in [0.15, 0.2) is 140 Å². The van der Waals surface area contributed by atoms with Crippen molar-refractivity contribution in [3.05, 3.63) is 156 Å². The predicted molar refractivity (Wildman–Crippen MR) is 266 cm³/mol. The summed E-state index contributed by atoms with van der Waals surface area (Å²) in [6.07, 6.45) is -1.61. The molecule has 0 aromatic heterocycles. The van der Waals surface area contributed by atoms with E-state index >= 15 is 0 Å². The topological polar surface area (TPSA) is 162 Å². The molecule has 0 saturated heterocycles. The summed E-state index contributed by atoms with van der Waals surface area (Å²) >= 11 is 0. The number of nitrogens with one attached hydrogen (secondary N) is 2. The number of carboxylic acid groups (broad SMARTS) is 1. The second-order valence-corrected chi connectivity index (χ2v) is 23.4. The summed E-state index contributed by atoms with van der Waals surface area (Å²) in [5.74, 6) is -1.38. The molecule has 5 aromatic rings. The van der Waals surface area contributed by atoms with Crippen molar-refractivity contribution in [2.24, 2.45) is 5.92 Å². The number of carbonyl (C=O) groups is 4. The first-order chi connectivity index (χ1) is 32.3. The largest absolute Gasteiger partial charge is 0.487 e. The van der Waals surface area contributed by atoms with Crippen LogP contribution in [-0.2, 0) is 43.1 Å². The molecule has 3 amide bonds. The van der Waals surface area contributed by atoms with E-state index in [1.165, 1.54) is 7.05 Å². The van der Waals surface area contributed by atoms with E-state index in [0.717, 1.165) is 26.4 Å². The number of ether oxygens (including phenoxy) is 4. The molecule has 0 unspecified atom stereocenters. The molecule has 13 nitrogen and oxygen atoms in total. The number of benzene rings is 5. The first-order valence-electron chi connectivity index (χ1n) is 22.9. The molecule has 3 N–H and O–H groups in total. The van der Waals surface area contributed by atoms with E-state index in [1.54, 1.807) is 39.0 Å². The summed E-state index contributed by atoms with van der Waals surface area (Å²) in [6.45, 7) is 15.5. The maximum atomic E-state index is 14.4. The third-order valence-electron chi connectivity index (χ3n) is 11.2. The molecule has 362 valence electrons. The number of carboxylic acids is 1. The van der Waals surface area contributed by atoms with Gasteiger partial charge in [-0.15, -0.1) is 0 Å². The Morgan fingerprint density at radius 3 is 1.68 bits per heavy atom. The van der Waals surface area contributed by atoms with Gasteiger partial charge in [-0.25, -0.2) is 14.4 Å². The van der Waals surface area contributed by atoms with Gasteiger partial charge in [0.05, 0.1) is 12.6 Å². The molecule has 0 radical (unpaired) electrons. The summed E-state index contributed by atoms with van der Waals surface area (Å²) in [6, 6.07) is 41.0. The standard InChI is InChI=1S/C54H67N3O10Si/c1-38(2)48(56-51(61)67-53(3,4)5)49(58)55-42(37-66-68(54(6,7)8,43-26-18-12-19-27-43)44-28-20-13-21-29-44)36-64-47-33-41(30-31-46(47)63-34-39-22-14-10-15-23-39)32-45(50(59)60)57(9)52(62)65-35-40-24-16-11-17-25-40/h10-31,33,38,42,45,48H,32,34-37H2,1-9H3,(H,55,58)(H,56,61)(H,59,60)/t42-,45+,48+/m1/s1. The summed E-state index contributed by atoms with van der Waals surface area (Å²) in [4.78, 5) is 54.4. The molecule has 0 aliphatic rings. The number of amides is 3. The smallest absolute Gasteiger partial charge is 0.410 e. The number of carbonyl (C=O) groups excluding carboxylic acids is 3. The van der Waals surface area contributed by atoms with Crippen molar-refractivity contribution in [2.75, 3.05) is 20.3 Å². The number of nitrogens with zero attached hydrogens (tertiary/aromatic N) is 1. The van der Waals surface area contributed by atoms with Crippen LogP contribution in [0.1, 0.15) is 72.1 Å². The third kappa shape index (κ3) is 14.7. The van der Waals surface area contributed by atoms with E-state index < -0.39 is 61.1 Å². The van der Waals surface area contributed by atoms with Crippen LogP contribution < -0.4 is 30.5 Å². The van der Waals surface area contributed by atoms with Gasteiger partial charge in [-0.3, -0.25) is 9.69 Å². The zero-order chi connectivity index (χ0) is 49.5. The first-order valence-corrected chi connectivity index (χ1v) is 24.8. The lowest BCUT2D eigenvalue weighted by molar-refractivity contribution is -0.142. The maximum Gasteiger partial charge on any atom is 0.410 e. The average Bonchev–Trinajstić information content (AvgIpc) is 3.30. The molecule has 5 aromatic carbocycles. The van der Waals surface area contributed by atoms with E-state index in [9.17, 15) is 24.3 Å². The van der Waals surface area contributed by atoms with Gasteiger partial charge in [-0.1, -0.05) is 162 Å². The van der Waals surface area contributed by atoms with E-state index in [1.807, 2.05) is 111 Å². The second kappa shape index (κ2) is 23.9. The van der Waals surface area contributed by atoms with Gasteiger partial charge in [0.15, 0.2) is 11.5 Å². The van der Waals surface area contributed by atoms with Gasteiger partial charge in [0.25, 0.3) is 8.32 Å². The van der Waals surface area contributed by atoms with E-state index in [0.29, 0.717) is 11.3 Å². The van der Waals surface area contributed by atoms with Gasteiger partial charge in [-0.2, -0.15) is 0 Å². The lowest BCUT2D eigenvalue weighted by Gasteiger charge is -2.43. The van der Waals surface area contributed by atoms with Crippen molar-refractivity contribution in [1.29, 1.82) is 0 Å². The van der Waals surface area contributed by atoms with E-state index in [2.05, 4.69) is 55.7 Å². The summed E-state index contributed by atoms with van der Waals surface area (Å²) in [7, 11) is -1.75. The number of hydrogen-bond donors (Lipinski definition) is 3. The fraction of sp³-hybridized carbons (Fsp3) is 0.370. The molecule has 3 atom stereocenters. The Balaban J connectivity index is 1.50. The number of likely N-dealkylation sites (N-methyl/N-ethyl adjacent to an activating group) is 1. The molecule has 0 saturated carbocycles. The monoisotopic (exact) mass is 945 g/mol. The van der Waals surface area contributed by atoms with Crippen LogP contribution in [0.5, 0.6) is 11.5 Å². The summed E-state index contributed by atoms with van der Waals surface area (Å²) in [5, 5.41) is 18.0. The number of aliphatic carboxylic acids is 1. The highest BCUT2D eigenvalue weighted by Gasteiger charge is 2.50. The third-order valence-corrected chi connectivity index (χ3v) is 16.3. The van der Waals surface area contributed by atoms with Crippen LogP contribution in [0.4, 0.5) is 9.59 Å². The Labute approximate surface area is 402 Å². The Kier molecular flexibility index (Phi) is 18.4. The molecule has 0 bridgehead atoms. The van der Waals surface area contributed by atoms with Crippen LogP contribution in [0, 0.1) is 5.92 Å². The van der Waals surface area contributed by atoms with Crippen molar-refractivity contribution in [3.63, 3.8) is 0 Å². The lowest BCUT2D eigenvalue weighted by atomic mass is 10.0. The van der Waals surface area contributed by atoms with Gasteiger partial charge in [0.2, 0.25) is 5.91 Å². The molecular formula is C54H67N3O10Si. The van der Waals surface area contributed by atoms with Gasteiger partial charge in [0.1, 0.15) is 37.5 Å². The number of hydrogen-bond acceptors (Lipinski definition) is 9. The van der Waals surface area contributed by atoms with Gasteiger partial charge < -0.3 is 39.1 Å². The molecule has 0 aliphatic carbocycles. The van der Waals surface area contributed by atoms with Crippen LogP contribution in [0.2, 0.25) is 5.04 Å². The molecule has 0 heterocycles. The van der Waals surface area contributed by atoms with Crippen LogP contribution in [0.3, 0.4) is 0 Å². The highest BCUT2D eigenvalue weighted by Crippen LogP contribution is 2.37. The highest BCUT2D eigenvalue weighted by molar-refractivity contribution is 6.99. The number of alkyl carbamates (subject to hydrolysis) is 1. The molecule has 14 heteroatoms. The van der Waals surface area contributed by atoms with Crippen LogP contribution in [-0.4, -0.2) is 86.4 Å². The summed E-state index contributed by atoms with van der Waals surface area (Å²) in [5.41, 5.74) is 1.42. The molecular weight excluding hydrogens is 879 g/mol. The van der Waals surface area contributed by atoms with Crippen molar-refractivity contribution in [3.8, 4) is 11.5 Å². The van der Waals surface area contributed by atoms with Gasteiger partial charge in [0, 0.05) is 13.5 Å². The van der Waals surface area contributed by atoms with Crippen LogP contribution in [0.25, 0.3) is 0 Å². The molecule has 0 spiro atoms. The minimum Gasteiger partial charge on any atom is -0.487 e. The minimum absolute atomic E-state index is 0.00709. The fourth-order valence-electron chi connectivity index (χ4n) is 7.78. The lowest BCUT2D eigenvalue weighted by Crippen LogP contribution is -2.67. The first kappa shape index (κ1) is 52.3. The predicted octanol–water partition coefficient (Wildman–Crippen LogP) is 8.52. The maximum absolute atomic E-state index is 14.4. The van der Waals surface area contributed by atoms with Crippen molar-refractivity contribution < 1.29 is 47.7 Å². The van der Waals surface area contributed by atoms with E-state index in [4.69, 9.17) is 23.4 Å². The van der Waals surface area contributed by atoms with Crippen LogP contribution >= 0.6 is 0 Å². The Hall–Kier alpha value is -6.64. The normalized spacial score (nSPS) is 13.1.